The minimum atomic E-state index is -0.258. The minimum absolute atomic E-state index is 0.0371. The van der Waals surface area contributed by atoms with E-state index in [1.807, 2.05) is 44.2 Å². The third kappa shape index (κ3) is 4.98. The highest BCUT2D eigenvalue weighted by Gasteiger charge is 2.11. The molecule has 0 unspecified atom stereocenters. The second kappa shape index (κ2) is 8.17. The molecule has 1 aromatic carbocycles. The fraction of sp³-hybridized carbons (Fsp3) is 0.333. The van der Waals surface area contributed by atoms with Crippen molar-refractivity contribution in [1.29, 1.82) is 0 Å². The van der Waals surface area contributed by atoms with E-state index in [2.05, 4.69) is 22.5 Å². The van der Waals surface area contributed by atoms with Crippen LogP contribution in [0.5, 0.6) is 5.75 Å². The number of benzene rings is 1. The third-order valence-corrected chi connectivity index (χ3v) is 3.07. The monoisotopic (exact) mass is 313 g/mol. The van der Waals surface area contributed by atoms with Gasteiger partial charge >= 0.3 is 0 Å². The summed E-state index contributed by atoms with van der Waals surface area (Å²) in [5, 5.41) is 6.07. The molecular weight excluding hydrogens is 290 g/mol. The lowest BCUT2D eigenvalue weighted by Gasteiger charge is -2.14. The Kier molecular flexibility index (Phi) is 5.97. The Hall–Kier alpha value is -2.56. The van der Waals surface area contributed by atoms with E-state index in [1.165, 1.54) is 0 Å². The van der Waals surface area contributed by atoms with Crippen molar-refractivity contribution >= 4 is 17.3 Å². The van der Waals surface area contributed by atoms with Gasteiger partial charge in [0, 0.05) is 6.54 Å². The Balaban J connectivity index is 2.07. The van der Waals surface area contributed by atoms with E-state index in [-0.39, 0.29) is 12.0 Å². The van der Waals surface area contributed by atoms with Crippen molar-refractivity contribution in [3.63, 3.8) is 0 Å². The van der Waals surface area contributed by atoms with Gasteiger partial charge in [-0.1, -0.05) is 19.1 Å². The quantitative estimate of drug-likeness (QED) is 0.812. The summed E-state index contributed by atoms with van der Waals surface area (Å²) in [5.74, 6) is 0.393. The molecule has 2 aromatic rings. The van der Waals surface area contributed by atoms with E-state index >= 15 is 0 Å². The highest BCUT2D eigenvalue weighted by atomic mass is 16.5. The maximum absolute atomic E-state index is 12.3. The average Bonchev–Trinajstić information content (AvgIpc) is 2.54. The maximum atomic E-state index is 12.3. The summed E-state index contributed by atoms with van der Waals surface area (Å²) in [5.41, 5.74) is 1.92. The normalized spacial score (nSPS) is 10.4. The lowest BCUT2D eigenvalue weighted by Crippen LogP contribution is -2.15. The van der Waals surface area contributed by atoms with Crippen LogP contribution in [0, 0.1) is 0 Å². The summed E-state index contributed by atoms with van der Waals surface area (Å²) in [6.45, 7) is 6.87. The third-order valence-electron chi connectivity index (χ3n) is 3.07. The van der Waals surface area contributed by atoms with Gasteiger partial charge in [-0.25, -0.2) is 4.98 Å². The number of aromatic nitrogens is 1. The first-order chi connectivity index (χ1) is 11.1. The molecule has 2 N–H and O–H groups in total. The van der Waals surface area contributed by atoms with E-state index in [0.29, 0.717) is 17.1 Å². The van der Waals surface area contributed by atoms with Crippen LogP contribution in [0.2, 0.25) is 0 Å². The van der Waals surface area contributed by atoms with Crippen molar-refractivity contribution in [2.75, 3.05) is 17.2 Å². The first-order valence-corrected chi connectivity index (χ1v) is 7.87. The molecule has 0 aliphatic carbocycles. The molecule has 0 aliphatic heterocycles. The molecule has 1 heterocycles. The van der Waals surface area contributed by atoms with Gasteiger partial charge in [-0.05, 0) is 44.5 Å². The minimum Gasteiger partial charge on any atom is -0.489 e. The van der Waals surface area contributed by atoms with E-state index < -0.39 is 0 Å². The fourth-order valence-corrected chi connectivity index (χ4v) is 2.02. The molecule has 0 spiro atoms. The summed E-state index contributed by atoms with van der Waals surface area (Å²) in [6.07, 6.45) is 2.74. The summed E-state index contributed by atoms with van der Waals surface area (Å²) >= 11 is 0. The van der Waals surface area contributed by atoms with Crippen molar-refractivity contribution in [2.24, 2.45) is 0 Å². The average molecular weight is 313 g/mol. The van der Waals surface area contributed by atoms with Crippen LogP contribution in [-0.4, -0.2) is 23.5 Å². The molecule has 5 nitrogen and oxygen atoms in total. The highest BCUT2D eigenvalue weighted by molar-refractivity contribution is 6.03. The van der Waals surface area contributed by atoms with E-state index in [9.17, 15) is 4.79 Å². The van der Waals surface area contributed by atoms with Crippen LogP contribution in [0.3, 0.4) is 0 Å². The molecule has 0 aliphatic rings. The van der Waals surface area contributed by atoms with Crippen LogP contribution in [0.25, 0.3) is 0 Å². The van der Waals surface area contributed by atoms with Gasteiger partial charge in [-0.15, -0.1) is 0 Å². The number of amides is 1. The van der Waals surface area contributed by atoms with Gasteiger partial charge in [0.25, 0.3) is 5.91 Å². The van der Waals surface area contributed by atoms with Crippen molar-refractivity contribution in [2.45, 2.75) is 33.3 Å². The summed E-state index contributed by atoms with van der Waals surface area (Å²) in [6, 6.07) is 10.9. The number of ether oxygens (including phenoxy) is 1. The Labute approximate surface area is 137 Å². The lowest BCUT2D eigenvalue weighted by atomic mass is 10.2. The predicted molar refractivity (Wildman–Crippen MR) is 93.2 cm³/mol. The molecule has 23 heavy (non-hydrogen) atoms. The van der Waals surface area contributed by atoms with Crippen LogP contribution >= 0.6 is 0 Å². The zero-order chi connectivity index (χ0) is 16.7. The van der Waals surface area contributed by atoms with E-state index in [4.69, 9.17) is 4.74 Å². The van der Waals surface area contributed by atoms with Gasteiger partial charge < -0.3 is 15.4 Å². The molecular formula is C18H23N3O2. The van der Waals surface area contributed by atoms with E-state index in [0.717, 1.165) is 18.7 Å². The number of carbonyl (C=O) groups is 1. The first kappa shape index (κ1) is 16.8. The summed E-state index contributed by atoms with van der Waals surface area (Å²) in [4.78, 5) is 16.5. The molecule has 122 valence electrons. The van der Waals surface area contributed by atoms with Crippen molar-refractivity contribution in [3.05, 3.63) is 48.3 Å². The molecule has 0 saturated carbocycles. The van der Waals surface area contributed by atoms with Gasteiger partial charge in [0.2, 0.25) is 0 Å². The number of rotatable bonds is 7. The number of anilines is 2. The molecule has 5 heteroatoms. The van der Waals surface area contributed by atoms with Gasteiger partial charge in [0.1, 0.15) is 11.4 Å². The number of hydrogen-bond donors (Lipinski definition) is 2. The fourth-order valence-electron chi connectivity index (χ4n) is 2.02. The summed E-state index contributed by atoms with van der Waals surface area (Å²) < 4.78 is 5.70. The largest absolute Gasteiger partial charge is 0.489 e. The second-order valence-corrected chi connectivity index (χ2v) is 5.48. The Morgan fingerprint density at radius 1 is 1.22 bits per heavy atom. The number of pyridine rings is 1. The predicted octanol–water partition coefficient (Wildman–Crippen LogP) is 3.94. The zero-order valence-corrected chi connectivity index (χ0v) is 13.8. The molecule has 0 fully saturated rings. The maximum Gasteiger partial charge on any atom is 0.274 e. The smallest absolute Gasteiger partial charge is 0.274 e. The molecule has 2 rings (SSSR count). The van der Waals surface area contributed by atoms with Crippen LogP contribution in [0.15, 0.2) is 42.6 Å². The van der Waals surface area contributed by atoms with Gasteiger partial charge in [-0.3, -0.25) is 4.79 Å². The van der Waals surface area contributed by atoms with Crippen molar-refractivity contribution in [3.8, 4) is 5.75 Å². The van der Waals surface area contributed by atoms with Crippen LogP contribution in [0.1, 0.15) is 37.7 Å². The Bertz CT molecular complexity index is 639. The van der Waals surface area contributed by atoms with Gasteiger partial charge in [0.15, 0.2) is 0 Å². The van der Waals surface area contributed by atoms with Crippen LogP contribution in [0.4, 0.5) is 11.4 Å². The summed E-state index contributed by atoms with van der Waals surface area (Å²) in [7, 11) is 0. The number of para-hydroxylation sites is 2. The SMILES string of the molecule is CCCNc1ccc(C(=O)Nc2ccccc2OC(C)C)nc1. The lowest BCUT2D eigenvalue weighted by molar-refractivity contribution is 0.102. The highest BCUT2D eigenvalue weighted by Crippen LogP contribution is 2.25. The topological polar surface area (TPSA) is 63.2 Å². The standard InChI is InChI=1S/C18H23N3O2/c1-4-11-19-14-9-10-16(20-12-14)18(22)21-15-7-5-6-8-17(15)23-13(2)3/h5-10,12-13,19H,4,11H2,1-3H3,(H,21,22). The van der Waals surface area contributed by atoms with Crippen LogP contribution < -0.4 is 15.4 Å². The van der Waals surface area contributed by atoms with Crippen molar-refractivity contribution in [1.82, 2.24) is 4.98 Å². The molecule has 0 saturated heterocycles. The first-order valence-electron chi connectivity index (χ1n) is 7.87. The molecule has 0 atom stereocenters. The number of nitrogens with zero attached hydrogens (tertiary/aromatic N) is 1. The number of nitrogens with one attached hydrogen (secondary N) is 2. The zero-order valence-electron chi connectivity index (χ0n) is 13.8. The molecule has 0 radical (unpaired) electrons. The molecule has 1 aromatic heterocycles. The Morgan fingerprint density at radius 3 is 2.65 bits per heavy atom. The van der Waals surface area contributed by atoms with Gasteiger partial charge in [0.05, 0.1) is 23.7 Å². The van der Waals surface area contributed by atoms with Gasteiger partial charge in [-0.2, -0.15) is 0 Å². The van der Waals surface area contributed by atoms with E-state index in [1.54, 1.807) is 12.3 Å². The Morgan fingerprint density at radius 2 is 2.00 bits per heavy atom. The number of hydrogen-bond acceptors (Lipinski definition) is 4. The molecule has 1 amide bonds. The second-order valence-electron chi connectivity index (χ2n) is 5.48. The number of carbonyl (C=O) groups excluding carboxylic acids is 1. The van der Waals surface area contributed by atoms with Crippen LogP contribution in [-0.2, 0) is 0 Å². The van der Waals surface area contributed by atoms with Crippen molar-refractivity contribution < 1.29 is 9.53 Å². The molecule has 0 bridgehead atoms.